The molecule has 1 N–H and O–H groups in total. The number of nitrogens with one attached hydrogen (secondary N) is 1. The van der Waals surface area contributed by atoms with Gasteiger partial charge in [0.2, 0.25) is 5.91 Å². The largest absolute Gasteiger partial charge is 0.343 e. The molecule has 0 aromatic rings. The van der Waals surface area contributed by atoms with Crippen LogP contribution in [0.15, 0.2) is 0 Å². The Morgan fingerprint density at radius 3 is 2.75 bits per heavy atom. The average molecular weight is 302 g/mol. The lowest BCUT2D eigenvalue weighted by atomic mass is 9.86. The SMILES string of the molecule is CC1CCCC(N(C)C(=O)CC2CS(=O)(=O)CCN2)C1. The van der Waals surface area contributed by atoms with Crippen LogP contribution in [-0.2, 0) is 14.6 Å². The van der Waals surface area contributed by atoms with Crippen LogP contribution in [0.5, 0.6) is 0 Å². The molecule has 0 bridgehead atoms. The third-order valence-electron chi connectivity index (χ3n) is 4.57. The molecular weight excluding hydrogens is 276 g/mol. The van der Waals surface area contributed by atoms with Crippen LogP contribution < -0.4 is 5.32 Å². The minimum Gasteiger partial charge on any atom is -0.343 e. The quantitative estimate of drug-likeness (QED) is 0.837. The summed E-state index contributed by atoms with van der Waals surface area (Å²) >= 11 is 0. The van der Waals surface area contributed by atoms with Crippen LogP contribution in [0.3, 0.4) is 0 Å². The summed E-state index contributed by atoms with van der Waals surface area (Å²) in [5, 5.41) is 3.15. The highest BCUT2D eigenvalue weighted by Gasteiger charge is 2.30. The highest BCUT2D eigenvalue weighted by atomic mass is 32.2. The van der Waals surface area contributed by atoms with Gasteiger partial charge in [-0.1, -0.05) is 19.8 Å². The first-order chi connectivity index (χ1) is 9.37. The number of nitrogens with zero attached hydrogens (tertiary/aromatic N) is 1. The molecule has 1 aliphatic carbocycles. The minimum atomic E-state index is -2.97. The molecule has 3 atom stereocenters. The molecule has 1 saturated carbocycles. The standard InChI is InChI=1S/C14H26N2O3S/c1-11-4-3-5-13(8-11)16(2)14(17)9-12-10-20(18,19)7-6-15-12/h11-13,15H,3-10H2,1-2H3. The highest BCUT2D eigenvalue weighted by molar-refractivity contribution is 7.91. The molecule has 5 nitrogen and oxygen atoms in total. The van der Waals surface area contributed by atoms with Gasteiger partial charge in [-0.3, -0.25) is 4.79 Å². The molecule has 2 rings (SSSR count). The van der Waals surface area contributed by atoms with Crippen LogP contribution in [0.25, 0.3) is 0 Å². The van der Waals surface area contributed by atoms with Gasteiger partial charge in [0.1, 0.15) is 0 Å². The fraction of sp³-hybridized carbons (Fsp3) is 0.929. The first-order valence-electron chi connectivity index (χ1n) is 7.57. The van der Waals surface area contributed by atoms with Gasteiger partial charge in [0.25, 0.3) is 0 Å². The second-order valence-corrected chi connectivity index (χ2v) is 8.63. The number of rotatable bonds is 3. The molecule has 0 radical (unpaired) electrons. The van der Waals surface area contributed by atoms with Gasteiger partial charge >= 0.3 is 0 Å². The van der Waals surface area contributed by atoms with Crippen molar-refractivity contribution in [2.24, 2.45) is 5.92 Å². The Balaban J connectivity index is 1.87. The maximum absolute atomic E-state index is 12.3. The van der Waals surface area contributed by atoms with E-state index in [-0.39, 0.29) is 23.5 Å². The molecular formula is C14H26N2O3S. The van der Waals surface area contributed by atoms with E-state index in [9.17, 15) is 13.2 Å². The second-order valence-electron chi connectivity index (χ2n) is 6.40. The number of carbonyl (C=O) groups is 1. The Bertz CT molecular complexity index is 449. The van der Waals surface area contributed by atoms with Gasteiger partial charge in [-0.25, -0.2) is 8.42 Å². The van der Waals surface area contributed by atoms with Gasteiger partial charge in [0, 0.05) is 32.1 Å². The average Bonchev–Trinajstić information content (AvgIpc) is 2.36. The molecule has 0 aromatic heterocycles. The lowest BCUT2D eigenvalue weighted by Gasteiger charge is -2.35. The molecule has 1 aliphatic heterocycles. The maximum atomic E-state index is 12.3. The second kappa shape index (κ2) is 6.43. The summed E-state index contributed by atoms with van der Waals surface area (Å²) in [6.45, 7) is 2.70. The van der Waals surface area contributed by atoms with Crippen LogP contribution in [0.2, 0.25) is 0 Å². The minimum absolute atomic E-state index is 0.0682. The van der Waals surface area contributed by atoms with Gasteiger partial charge < -0.3 is 10.2 Å². The highest BCUT2D eigenvalue weighted by Crippen LogP contribution is 2.27. The summed E-state index contributed by atoms with van der Waals surface area (Å²) < 4.78 is 23.2. The predicted molar refractivity (Wildman–Crippen MR) is 79.3 cm³/mol. The maximum Gasteiger partial charge on any atom is 0.224 e. The fourth-order valence-corrected chi connectivity index (χ4v) is 4.75. The molecule has 2 aliphatic rings. The monoisotopic (exact) mass is 302 g/mol. The Morgan fingerprint density at radius 2 is 2.10 bits per heavy atom. The van der Waals surface area contributed by atoms with Crippen molar-refractivity contribution < 1.29 is 13.2 Å². The number of carbonyl (C=O) groups excluding carboxylic acids is 1. The molecule has 1 amide bonds. The number of hydrogen-bond donors (Lipinski definition) is 1. The third-order valence-corrected chi connectivity index (χ3v) is 6.31. The number of sulfone groups is 1. The van der Waals surface area contributed by atoms with Gasteiger partial charge in [0.05, 0.1) is 11.5 Å². The van der Waals surface area contributed by atoms with Crippen molar-refractivity contribution in [1.29, 1.82) is 0 Å². The summed E-state index contributed by atoms with van der Waals surface area (Å²) in [6.07, 6.45) is 4.86. The van der Waals surface area contributed by atoms with E-state index in [1.165, 1.54) is 12.8 Å². The van der Waals surface area contributed by atoms with Gasteiger partial charge in [-0.2, -0.15) is 0 Å². The molecule has 3 unspecified atom stereocenters. The van der Waals surface area contributed by atoms with Crippen molar-refractivity contribution in [2.45, 2.75) is 51.1 Å². The Hall–Kier alpha value is -0.620. The Kier molecular flexibility index (Phi) is 5.07. The smallest absolute Gasteiger partial charge is 0.224 e. The van der Waals surface area contributed by atoms with Crippen molar-refractivity contribution in [3.05, 3.63) is 0 Å². The summed E-state index contributed by atoms with van der Waals surface area (Å²) in [7, 11) is -1.11. The zero-order chi connectivity index (χ0) is 14.8. The van der Waals surface area contributed by atoms with E-state index in [4.69, 9.17) is 0 Å². The van der Waals surface area contributed by atoms with Crippen LogP contribution >= 0.6 is 0 Å². The molecule has 6 heteroatoms. The molecule has 1 heterocycles. The van der Waals surface area contributed by atoms with Crippen LogP contribution in [0.4, 0.5) is 0 Å². The summed E-state index contributed by atoms with van der Waals surface area (Å²) in [5.74, 6) is 1.03. The van der Waals surface area contributed by atoms with E-state index in [2.05, 4.69) is 12.2 Å². The van der Waals surface area contributed by atoms with Crippen LogP contribution in [0, 0.1) is 5.92 Å². The first-order valence-corrected chi connectivity index (χ1v) is 9.39. The van der Waals surface area contributed by atoms with Crippen LogP contribution in [0.1, 0.15) is 39.0 Å². The van der Waals surface area contributed by atoms with E-state index in [0.717, 1.165) is 12.8 Å². The lowest BCUT2D eigenvalue weighted by Crippen LogP contribution is -2.49. The van der Waals surface area contributed by atoms with Crippen LogP contribution in [-0.4, -0.2) is 56.4 Å². The van der Waals surface area contributed by atoms with E-state index in [1.54, 1.807) is 0 Å². The van der Waals surface area contributed by atoms with Gasteiger partial charge in [-0.05, 0) is 18.8 Å². The van der Waals surface area contributed by atoms with Crippen molar-refractivity contribution in [1.82, 2.24) is 10.2 Å². The Morgan fingerprint density at radius 1 is 1.35 bits per heavy atom. The molecule has 20 heavy (non-hydrogen) atoms. The zero-order valence-electron chi connectivity index (χ0n) is 12.5. The van der Waals surface area contributed by atoms with Crippen molar-refractivity contribution >= 4 is 15.7 Å². The number of hydrogen-bond acceptors (Lipinski definition) is 4. The van der Waals surface area contributed by atoms with Gasteiger partial charge in [0.15, 0.2) is 9.84 Å². The summed E-state index contributed by atoms with van der Waals surface area (Å²) in [5.41, 5.74) is 0. The topological polar surface area (TPSA) is 66.5 Å². The summed E-state index contributed by atoms with van der Waals surface area (Å²) in [4.78, 5) is 14.2. The molecule has 0 spiro atoms. The van der Waals surface area contributed by atoms with E-state index in [1.807, 2.05) is 11.9 Å². The molecule has 0 aromatic carbocycles. The normalized spacial score (nSPS) is 33.6. The molecule has 1 saturated heterocycles. The zero-order valence-corrected chi connectivity index (χ0v) is 13.3. The van der Waals surface area contributed by atoms with Crippen molar-refractivity contribution in [2.75, 3.05) is 25.1 Å². The van der Waals surface area contributed by atoms with E-state index in [0.29, 0.717) is 24.9 Å². The molecule has 2 fully saturated rings. The van der Waals surface area contributed by atoms with E-state index >= 15 is 0 Å². The first kappa shape index (κ1) is 15.8. The van der Waals surface area contributed by atoms with Gasteiger partial charge in [-0.15, -0.1) is 0 Å². The molecule has 116 valence electrons. The summed E-state index contributed by atoms with van der Waals surface area (Å²) in [6, 6.07) is 0.108. The third kappa shape index (κ3) is 4.19. The number of amides is 1. The Labute approximate surface area is 122 Å². The van der Waals surface area contributed by atoms with Crippen molar-refractivity contribution in [3.63, 3.8) is 0 Å². The van der Waals surface area contributed by atoms with Crippen molar-refractivity contribution in [3.8, 4) is 0 Å². The predicted octanol–water partition coefficient (Wildman–Crippen LogP) is 0.800. The lowest BCUT2D eigenvalue weighted by molar-refractivity contribution is -0.133. The van der Waals surface area contributed by atoms with E-state index < -0.39 is 9.84 Å². The fourth-order valence-electron chi connectivity index (χ4n) is 3.31.